The summed E-state index contributed by atoms with van der Waals surface area (Å²) in [4.78, 5) is 39.8. The minimum Gasteiger partial charge on any atom is -0.325 e. The second-order valence-corrected chi connectivity index (χ2v) is 7.82. The number of carbonyl (C=O) groups excluding carboxylic acids is 2. The molecule has 3 rings (SSSR count). The van der Waals surface area contributed by atoms with Crippen molar-refractivity contribution in [1.82, 2.24) is 15.2 Å². The summed E-state index contributed by atoms with van der Waals surface area (Å²) >= 11 is 1.14. The van der Waals surface area contributed by atoms with Crippen molar-refractivity contribution in [3.63, 3.8) is 0 Å². The number of amides is 2. The van der Waals surface area contributed by atoms with Gasteiger partial charge in [0.25, 0.3) is 5.56 Å². The number of anilines is 2. The maximum absolute atomic E-state index is 12.7. The maximum atomic E-state index is 12.7. The van der Waals surface area contributed by atoms with Crippen molar-refractivity contribution >= 4 is 35.0 Å². The number of nitrogens with one attached hydrogen (secondary N) is 3. The Hall–Kier alpha value is -3.46. The third-order valence-electron chi connectivity index (χ3n) is 4.41. The lowest BCUT2D eigenvalue weighted by Crippen LogP contribution is -2.25. The van der Waals surface area contributed by atoms with Gasteiger partial charge in [0, 0.05) is 17.7 Å². The van der Waals surface area contributed by atoms with E-state index in [2.05, 4.69) is 25.8 Å². The molecule has 1 atom stereocenters. The zero-order chi connectivity index (χ0) is 22.2. The summed E-state index contributed by atoms with van der Waals surface area (Å²) in [6.07, 6.45) is 0.857. The molecule has 0 unspecified atom stereocenters. The maximum Gasteiger partial charge on any atom is 0.278 e. The lowest BCUT2D eigenvalue weighted by Gasteiger charge is -2.14. The summed E-state index contributed by atoms with van der Waals surface area (Å²) in [6.45, 7) is 3.63. The average Bonchev–Trinajstić information content (AvgIpc) is 2.78. The van der Waals surface area contributed by atoms with Crippen LogP contribution in [0.4, 0.5) is 11.4 Å². The molecule has 1 aromatic heterocycles. The van der Waals surface area contributed by atoms with Gasteiger partial charge in [-0.1, -0.05) is 62.0 Å². The van der Waals surface area contributed by atoms with E-state index >= 15 is 0 Å². The molecule has 9 heteroatoms. The number of para-hydroxylation sites is 2. The molecule has 0 aliphatic heterocycles. The second kappa shape index (κ2) is 10.5. The fraction of sp³-hybridized carbons (Fsp3) is 0.227. The standard InChI is InChI=1S/C22H23N5O3S/c1-3-17(20(29)23-14-10-6-5-7-11-14)31-22-25-21(30)19(26-27-22)15-12-8-9-13-16(15)24-18(28)4-2/h5-13,17H,3-4H2,1-2H3,(H,23,29)(H,24,28)(H,25,27,30)/t17-/m1/s1. The first-order chi connectivity index (χ1) is 15.0. The number of carbonyl (C=O) groups is 2. The van der Waals surface area contributed by atoms with E-state index in [0.29, 0.717) is 29.8 Å². The molecule has 0 aliphatic rings. The van der Waals surface area contributed by atoms with Gasteiger partial charge in [0.15, 0.2) is 10.9 Å². The number of hydrogen-bond donors (Lipinski definition) is 3. The highest BCUT2D eigenvalue weighted by Gasteiger charge is 2.21. The van der Waals surface area contributed by atoms with Gasteiger partial charge in [0.05, 0.1) is 10.9 Å². The van der Waals surface area contributed by atoms with Crippen molar-refractivity contribution in [2.75, 3.05) is 10.6 Å². The van der Waals surface area contributed by atoms with Crippen LogP contribution in [0.25, 0.3) is 11.3 Å². The normalized spacial score (nSPS) is 11.5. The van der Waals surface area contributed by atoms with Crippen LogP contribution in [0.15, 0.2) is 64.5 Å². The van der Waals surface area contributed by atoms with Crippen molar-refractivity contribution in [2.45, 2.75) is 37.1 Å². The van der Waals surface area contributed by atoms with Crippen LogP contribution in [0.2, 0.25) is 0 Å². The molecule has 160 valence electrons. The van der Waals surface area contributed by atoms with Crippen molar-refractivity contribution < 1.29 is 9.59 Å². The van der Waals surface area contributed by atoms with Crippen LogP contribution in [-0.2, 0) is 9.59 Å². The van der Waals surface area contributed by atoms with Crippen LogP contribution in [0, 0.1) is 0 Å². The Morgan fingerprint density at radius 3 is 2.39 bits per heavy atom. The first-order valence-corrected chi connectivity index (χ1v) is 10.8. The van der Waals surface area contributed by atoms with E-state index in [9.17, 15) is 14.4 Å². The Kier molecular flexibility index (Phi) is 7.55. The van der Waals surface area contributed by atoms with E-state index in [4.69, 9.17) is 0 Å². The summed E-state index contributed by atoms with van der Waals surface area (Å²) in [5.74, 6) is -0.350. The number of aromatic amines is 1. The van der Waals surface area contributed by atoms with Crippen LogP contribution in [0.3, 0.4) is 0 Å². The summed E-state index contributed by atoms with van der Waals surface area (Å²) in [7, 11) is 0. The molecule has 0 fully saturated rings. The second-order valence-electron chi connectivity index (χ2n) is 6.63. The largest absolute Gasteiger partial charge is 0.325 e. The van der Waals surface area contributed by atoms with Crippen molar-refractivity contribution in [2.24, 2.45) is 0 Å². The summed E-state index contributed by atoms with van der Waals surface area (Å²) in [5.41, 5.74) is 1.31. The van der Waals surface area contributed by atoms with Gasteiger partial charge in [-0.25, -0.2) is 0 Å². The number of nitrogens with zero attached hydrogens (tertiary/aromatic N) is 2. The average molecular weight is 438 g/mol. The van der Waals surface area contributed by atoms with E-state index in [1.165, 1.54) is 0 Å². The molecule has 1 heterocycles. The van der Waals surface area contributed by atoms with E-state index in [-0.39, 0.29) is 22.7 Å². The van der Waals surface area contributed by atoms with Gasteiger partial charge in [0.2, 0.25) is 11.8 Å². The third kappa shape index (κ3) is 5.79. The first kappa shape index (κ1) is 22.2. The van der Waals surface area contributed by atoms with Crippen molar-refractivity contribution in [3.8, 4) is 11.3 Å². The fourth-order valence-electron chi connectivity index (χ4n) is 2.79. The van der Waals surface area contributed by atoms with Crippen LogP contribution in [0.1, 0.15) is 26.7 Å². The van der Waals surface area contributed by atoms with E-state index < -0.39 is 10.8 Å². The predicted octanol–water partition coefficient (Wildman–Crippen LogP) is 3.69. The van der Waals surface area contributed by atoms with Crippen LogP contribution >= 0.6 is 11.8 Å². The van der Waals surface area contributed by atoms with Crippen LogP contribution < -0.4 is 16.2 Å². The van der Waals surface area contributed by atoms with E-state index in [1.807, 2.05) is 25.1 Å². The molecule has 3 N–H and O–H groups in total. The predicted molar refractivity (Wildman–Crippen MR) is 122 cm³/mol. The summed E-state index contributed by atoms with van der Waals surface area (Å²) in [5, 5.41) is 13.6. The Bertz CT molecular complexity index is 1120. The zero-order valence-electron chi connectivity index (χ0n) is 17.2. The quantitative estimate of drug-likeness (QED) is 0.463. The van der Waals surface area contributed by atoms with Crippen LogP contribution in [-0.4, -0.2) is 32.2 Å². The van der Waals surface area contributed by atoms with Gasteiger partial charge in [-0.15, -0.1) is 10.2 Å². The van der Waals surface area contributed by atoms with Gasteiger partial charge in [-0.3, -0.25) is 19.4 Å². The molecule has 0 bridgehead atoms. The molecule has 3 aromatic rings. The highest BCUT2D eigenvalue weighted by Crippen LogP contribution is 2.26. The zero-order valence-corrected chi connectivity index (χ0v) is 18.0. The molecule has 0 spiro atoms. The molecular formula is C22H23N5O3S. The van der Waals surface area contributed by atoms with Crippen molar-refractivity contribution in [3.05, 3.63) is 65.0 Å². The SMILES string of the molecule is CCC(=O)Nc1ccccc1-c1nnc(S[C@H](CC)C(=O)Nc2ccccc2)[nH]c1=O. The van der Waals surface area contributed by atoms with Gasteiger partial charge < -0.3 is 10.6 Å². The Morgan fingerprint density at radius 1 is 1.00 bits per heavy atom. The van der Waals surface area contributed by atoms with Crippen molar-refractivity contribution in [1.29, 1.82) is 0 Å². The highest BCUT2D eigenvalue weighted by atomic mass is 32.2. The first-order valence-electron chi connectivity index (χ1n) is 9.90. The van der Waals surface area contributed by atoms with E-state index in [1.54, 1.807) is 43.3 Å². The lowest BCUT2D eigenvalue weighted by molar-refractivity contribution is -0.116. The Labute approximate surface area is 183 Å². The molecule has 8 nitrogen and oxygen atoms in total. The Balaban J connectivity index is 1.79. The minimum atomic E-state index is -0.452. The fourth-order valence-corrected chi connectivity index (χ4v) is 3.63. The van der Waals surface area contributed by atoms with Crippen LogP contribution in [0.5, 0.6) is 0 Å². The van der Waals surface area contributed by atoms with Gasteiger partial charge in [-0.05, 0) is 24.6 Å². The number of H-pyrrole nitrogens is 1. The monoisotopic (exact) mass is 437 g/mol. The number of benzene rings is 2. The molecule has 0 saturated heterocycles. The molecule has 0 saturated carbocycles. The van der Waals surface area contributed by atoms with Gasteiger partial charge >= 0.3 is 0 Å². The number of hydrogen-bond acceptors (Lipinski definition) is 6. The summed E-state index contributed by atoms with van der Waals surface area (Å²) < 4.78 is 0. The molecule has 0 radical (unpaired) electrons. The smallest absolute Gasteiger partial charge is 0.278 e. The number of thioether (sulfide) groups is 1. The molecule has 2 amide bonds. The minimum absolute atomic E-state index is 0.0955. The third-order valence-corrected chi connectivity index (χ3v) is 5.65. The molecule has 31 heavy (non-hydrogen) atoms. The summed E-state index contributed by atoms with van der Waals surface area (Å²) in [6, 6.07) is 16.1. The molecular weight excluding hydrogens is 414 g/mol. The lowest BCUT2D eigenvalue weighted by atomic mass is 10.1. The molecule has 0 aliphatic carbocycles. The Morgan fingerprint density at radius 2 is 1.71 bits per heavy atom. The number of rotatable bonds is 8. The topological polar surface area (TPSA) is 117 Å². The molecule has 2 aromatic carbocycles. The van der Waals surface area contributed by atoms with E-state index in [0.717, 1.165) is 11.8 Å². The number of aromatic nitrogens is 3. The van der Waals surface area contributed by atoms with Gasteiger partial charge in [-0.2, -0.15) is 0 Å². The van der Waals surface area contributed by atoms with Gasteiger partial charge in [0.1, 0.15) is 0 Å². The highest BCUT2D eigenvalue weighted by molar-refractivity contribution is 8.00.